The van der Waals surface area contributed by atoms with Crippen LogP contribution in [0.1, 0.15) is 10.4 Å². The van der Waals surface area contributed by atoms with E-state index in [-0.39, 0.29) is 23.9 Å². The largest absolute Gasteiger partial charge is 0.504 e. The maximum Gasteiger partial charge on any atom is 0.188 e. The Morgan fingerprint density at radius 1 is 1.33 bits per heavy atom. The van der Waals surface area contributed by atoms with Gasteiger partial charge in [-0.15, -0.1) is 0 Å². The Morgan fingerprint density at radius 3 is 2.53 bits per heavy atom. The van der Waals surface area contributed by atoms with Crippen molar-refractivity contribution in [2.75, 3.05) is 21.0 Å². The summed E-state index contributed by atoms with van der Waals surface area (Å²) in [4.78, 5) is 10.7. The number of methoxy groups -OCH3 is 2. The molecule has 1 N–H and O–H groups in total. The monoisotopic (exact) mass is 212 g/mol. The van der Waals surface area contributed by atoms with E-state index in [0.717, 1.165) is 0 Å². The Bertz CT molecular complexity index is 348. The number of hydrogen-bond donors (Lipinski definition) is 1. The van der Waals surface area contributed by atoms with E-state index in [2.05, 4.69) is 4.74 Å². The molecule has 0 aromatic heterocycles. The summed E-state index contributed by atoms with van der Waals surface area (Å²) in [5, 5.41) is 9.64. The summed E-state index contributed by atoms with van der Waals surface area (Å²) in [7, 11) is 2.87. The highest BCUT2D eigenvalue weighted by Gasteiger charge is 2.13. The van der Waals surface area contributed by atoms with Crippen LogP contribution < -0.4 is 9.47 Å². The van der Waals surface area contributed by atoms with Gasteiger partial charge in [-0.3, -0.25) is 4.79 Å². The number of phenolic OH excluding ortho intramolecular Hbond substituents is 1. The minimum absolute atomic E-state index is 0.00180. The number of rotatable bonds is 5. The Labute approximate surface area is 87.2 Å². The van der Waals surface area contributed by atoms with Crippen molar-refractivity contribution >= 4 is 6.29 Å². The standard InChI is InChI=1S/C10H12O5/c1-13-6-15-9-4-3-8(14-2)7(5-11)10(9)12/h3-5,12H,6H2,1-2H3. The lowest BCUT2D eigenvalue weighted by Crippen LogP contribution is -2.00. The number of benzene rings is 1. The lowest BCUT2D eigenvalue weighted by Gasteiger charge is -2.10. The van der Waals surface area contributed by atoms with Crippen molar-refractivity contribution in [1.29, 1.82) is 0 Å². The summed E-state index contributed by atoms with van der Waals surface area (Å²) in [6, 6.07) is 3.04. The third-order valence-corrected chi connectivity index (χ3v) is 1.81. The van der Waals surface area contributed by atoms with Crippen LogP contribution in [0.3, 0.4) is 0 Å². The average molecular weight is 212 g/mol. The fourth-order valence-corrected chi connectivity index (χ4v) is 1.10. The van der Waals surface area contributed by atoms with Crippen LogP contribution in [0.5, 0.6) is 17.2 Å². The summed E-state index contributed by atoms with van der Waals surface area (Å²) in [5.41, 5.74) is 0.0612. The van der Waals surface area contributed by atoms with Gasteiger partial charge in [0.1, 0.15) is 11.3 Å². The first kappa shape index (κ1) is 11.3. The molecule has 0 saturated carbocycles. The third kappa shape index (κ3) is 2.38. The van der Waals surface area contributed by atoms with E-state index < -0.39 is 0 Å². The quantitative estimate of drug-likeness (QED) is 0.586. The van der Waals surface area contributed by atoms with Gasteiger partial charge in [0.05, 0.1) is 7.11 Å². The van der Waals surface area contributed by atoms with Crippen LogP contribution in [-0.2, 0) is 4.74 Å². The average Bonchev–Trinajstić information content (AvgIpc) is 2.27. The van der Waals surface area contributed by atoms with Gasteiger partial charge in [0.2, 0.25) is 0 Å². The molecule has 82 valence electrons. The molecule has 0 spiro atoms. The number of carbonyl (C=O) groups is 1. The molecule has 1 aromatic carbocycles. The SMILES string of the molecule is COCOc1ccc(OC)c(C=O)c1O. The van der Waals surface area contributed by atoms with E-state index in [9.17, 15) is 9.90 Å². The third-order valence-electron chi connectivity index (χ3n) is 1.81. The lowest BCUT2D eigenvalue weighted by molar-refractivity contribution is 0.0490. The second-order valence-electron chi connectivity index (χ2n) is 2.70. The van der Waals surface area contributed by atoms with Gasteiger partial charge in [0.25, 0.3) is 0 Å². The molecule has 0 aliphatic carbocycles. The Morgan fingerprint density at radius 2 is 2.00 bits per heavy atom. The van der Waals surface area contributed by atoms with E-state index in [1.807, 2.05) is 0 Å². The summed E-state index contributed by atoms with van der Waals surface area (Å²) >= 11 is 0. The maximum absolute atomic E-state index is 10.7. The second-order valence-corrected chi connectivity index (χ2v) is 2.70. The second kappa shape index (κ2) is 5.21. The molecule has 0 unspecified atom stereocenters. The molecule has 0 aliphatic rings. The predicted molar refractivity (Wildman–Crippen MR) is 52.6 cm³/mol. The molecule has 1 aromatic rings. The first-order valence-electron chi connectivity index (χ1n) is 4.21. The number of phenols is 1. The molecule has 0 atom stereocenters. The fourth-order valence-electron chi connectivity index (χ4n) is 1.10. The molecule has 0 bridgehead atoms. The molecule has 1 rings (SSSR count). The molecule has 15 heavy (non-hydrogen) atoms. The molecule has 0 heterocycles. The van der Waals surface area contributed by atoms with Crippen LogP contribution in [0.2, 0.25) is 0 Å². The Hall–Kier alpha value is -1.75. The molecule has 0 aliphatic heterocycles. The van der Waals surface area contributed by atoms with Crippen LogP contribution in [0.15, 0.2) is 12.1 Å². The zero-order chi connectivity index (χ0) is 11.3. The molecule has 5 heteroatoms. The lowest BCUT2D eigenvalue weighted by atomic mass is 10.2. The number of hydrogen-bond acceptors (Lipinski definition) is 5. The van der Waals surface area contributed by atoms with Gasteiger partial charge < -0.3 is 19.3 Å². The molecule has 0 radical (unpaired) electrons. The van der Waals surface area contributed by atoms with Gasteiger partial charge >= 0.3 is 0 Å². The van der Waals surface area contributed by atoms with Crippen molar-refractivity contribution in [2.24, 2.45) is 0 Å². The van der Waals surface area contributed by atoms with Crippen LogP contribution in [0, 0.1) is 0 Å². The Balaban J connectivity index is 3.05. The van der Waals surface area contributed by atoms with Gasteiger partial charge in [-0.1, -0.05) is 0 Å². The van der Waals surface area contributed by atoms with E-state index in [0.29, 0.717) is 12.0 Å². The van der Waals surface area contributed by atoms with Gasteiger partial charge in [-0.05, 0) is 12.1 Å². The summed E-state index contributed by atoms with van der Waals surface area (Å²) in [6.07, 6.45) is 0.508. The topological polar surface area (TPSA) is 65.0 Å². The van der Waals surface area contributed by atoms with E-state index in [1.165, 1.54) is 26.4 Å². The highest BCUT2D eigenvalue weighted by molar-refractivity contribution is 5.85. The number of aldehydes is 1. The van der Waals surface area contributed by atoms with E-state index in [4.69, 9.17) is 9.47 Å². The van der Waals surface area contributed by atoms with Crippen LogP contribution in [0.4, 0.5) is 0 Å². The first-order valence-corrected chi connectivity index (χ1v) is 4.21. The van der Waals surface area contributed by atoms with Crippen molar-refractivity contribution < 1.29 is 24.1 Å². The van der Waals surface area contributed by atoms with Gasteiger partial charge in [0.15, 0.2) is 24.6 Å². The van der Waals surface area contributed by atoms with Crippen molar-refractivity contribution in [3.05, 3.63) is 17.7 Å². The molecule has 0 fully saturated rings. The summed E-state index contributed by atoms with van der Waals surface area (Å²) in [6.45, 7) is -0.00180. The van der Waals surface area contributed by atoms with Crippen LogP contribution >= 0.6 is 0 Å². The highest BCUT2D eigenvalue weighted by atomic mass is 16.7. The van der Waals surface area contributed by atoms with Crippen molar-refractivity contribution in [1.82, 2.24) is 0 Å². The van der Waals surface area contributed by atoms with Crippen molar-refractivity contribution in [2.45, 2.75) is 0 Å². The zero-order valence-corrected chi connectivity index (χ0v) is 8.52. The fraction of sp³-hybridized carbons (Fsp3) is 0.300. The Kier molecular flexibility index (Phi) is 3.93. The zero-order valence-electron chi connectivity index (χ0n) is 8.52. The minimum atomic E-state index is -0.249. The van der Waals surface area contributed by atoms with Crippen molar-refractivity contribution in [3.63, 3.8) is 0 Å². The predicted octanol–water partition coefficient (Wildman–Crippen LogP) is 1.20. The molecule has 0 saturated heterocycles. The molecule has 5 nitrogen and oxygen atoms in total. The van der Waals surface area contributed by atoms with Crippen LogP contribution in [0.25, 0.3) is 0 Å². The summed E-state index contributed by atoms with van der Waals surface area (Å²) < 4.78 is 14.6. The first-order chi connectivity index (χ1) is 7.24. The van der Waals surface area contributed by atoms with Crippen LogP contribution in [-0.4, -0.2) is 32.4 Å². The molecule has 0 amide bonds. The van der Waals surface area contributed by atoms with Gasteiger partial charge in [-0.2, -0.15) is 0 Å². The highest BCUT2D eigenvalue weighted by Crippen LogP contribution is 2.35. The van der Waals surface area contributed by atoms with Gasteiger partial charge in [-0.25, -0.2) is 0 Å². The van der Waals surface area contributed by atoms with E-state index >= 15 is 0 Å². The minimum Gasteiger partial charge on any atom is -0.504 e. The van der Waals surface area contributed by atoms with E-state index in [1.54, 1.807) is 0 Å². The molecular formula is C10H12O5. The number of carbonyl (C=O) groups excluding carboxylic acids is 1. The summed E-state index contributed by atoms with van der Waals surface area (Å²) in [5.74, 6) is 0.230. The molecular weight excluding hydrogens is 200 g/mol. The maximum atomic E-state index is 10.7. The smallest absolute Gasteiger partial charge is 0.188 e. The number of aromatic hydroxyl groups is 1. The van der Waals surface area contributed by atoms with Crippen molar-refractivity contribution in [3.8, 4) is 17.2 Å². The number of ether oxygens (including phenoxy) is 3. The normalized spacial score (nSPS) is 9.73. The van der Waals surface area contributed by atoms with Gasteiger partial charge in [0, 0.05) is 7.11 Å².